The number of benzene rings is 1. The van der Waals surface area contributed by atoms with E-state index in [2.05, 4.69) is 10.2 Å². The maximum atomic E-state index is 12.1. The van der Waals surface area contributed by atoms with Gasteiger partial charge in [-0.2, -0.15) is 0 Å². The Morgan fingerprint density at radius 1 is 1.13 bits per heavy atom. The number of hydrogen-bond donors (Lipinski definition) is 0. The van der Waals surface area contributed by atoms with E-state index in [-0.39, 0.29) is 5.91 Å². The highest BCUT2D eigenvalue weighted by molar-refractivity contribution is 7.99. The molecule has 0 atom stereocenters. The van der Waals surface area contributed by atoms with Crippen molar-refractivity contribution in [3.8, 4) is 11.3 Å². The van der Waals surface area contributed by atoms with Crippen molar-refractivity contribution in [2.24, 2.45) is 0 Å². The first-order chi connectivity index (χ1) is 11.2. The van der Waals surface area contributed by atoms with Crippen LogP contribution in [0.5, 0.6) is 0 Å². The Morgan fingerprint density at radius 3 is 2.52 bits per heavy atom. The number of thioether (sulfide) groups is 1. The first-order valence-corrected chi connectivity index (χ1v) is 8.67. The smallest absolute Gasteiger partial charge is 0.233 e. The molecule has 0 aliphatic carbocycles. The average molecular weight is 350 g/mol. The summed E-state index contributed by atoms with van der Waals surface area (Å²) in [5.74, 6) is 0.483. The van der Waals surface area contributed by atoms with Gasteiger partial charge in [0.1, 0.15) is 5.03 Å². The van der Waals surface area contributed by atoms with E-state index in [0.29, 0.717) is 37.1 Å². The number of ether oxygens (including phenoxy) is 1. The summed E-state index contributed by atoms with van der Waals surface area (Å²) in [6.45, 7) is 2.57. The first-order valence-electron chi connectivity index (χ1n) is 7.30. The number of aromatic nitrogens is 2. The molecule has 1 aliphatic rings. The molecule has 0 bridgehead atoms. The summed E-state index contributed by atoms with van der Waals surface area (Å²) in [5, 5.41) is 9.82. The van der Waals surface area contributed by atoms with E-state index in [1.165, 1.54) is 11.8 Å². The molecule has 2 aromatic rings. The topological polar surface area (TPSA) is 55.3 Å². The molecule has 7 heteroatoms. The zero-order valence-electron chi connectivity index (χ0n) is 12.4. The van der Waals surface area contributed by atoms with E-state index in [1.54, 1.807) is 0 Å². The number of halogens is 1. The van der Waals surface area contributed by atoms with Crippen LogP contribution in [0.25, 0.3) is 11.3 Å². The molecule has 0 N–H and O–H groups in total. The van der Waals surface area contributed by atoms with Gasteiger partial charge in [0.05, 0.1) is 24.7 Å². The zero-order valence-corrected chi connectivity index (χ0v) is 14.0. The lowest BCUT2D eigenvalue weighted by Gasteiger charge is -2.26. The third-order valence-electron chi connectivity index (χ3n) is 3.49. The van der Waals surface area contributed by atoms with Gasteiger partial charge < -0.3 is 9.64 Å². The van der Waals surface area contributed by atoms with Gasteiger partial charge in [-0.25, -0.2) is 0 Å². The van der Waals surface area contributed by atoms with Crippen LogP contribution in [0.15, 0.2) is 41.4 Å². The Bertz CT molecular complexity index is 658. The summed E-state index contributed by atoms with van der Waals surface area (Å²) in [6, 6.07) is 11.2. The lowest BCUT2D eigenvalue weighted by atomic mass is 10.1. The van der Waals surface area contributed by atoms with Crippen molar-refractivity contribution < 1.29 is 9.53 Å². The fourth-order valence-electron chi connectivity index (χ4n) is 2.21. The van der Waals surface area contributed by atoms with Crippen LogP contribution in [-0.2, 0) is 9.53 Å². The summed E-state index contributed by atoms with van der Waals surface area (Å²) in [7, 11) is 0. The maximum absolute atomic E-state index is 12.1. The lowest BCUT2D eigenvalue weighted by Crippen LogP contribution is -2.41. The van der Waals surface area contributed by atoms with Crippen LogP contribution in [0, 0.1) is 0 Å². The fourth-order valence-corrected chi connectivity index (χ4v) is 3.05. The van der Waals surface area contributed by atoms with Gasteiger partial charge in [0, 0.05) is 23.7 Å². The van der Waals surface area contributed by atoms with Crippen LogP contribution < -0.4 is 0 Å². The van der Waals surface area contributed by atoms with Gasteiger partial charge in [0.25, 0.3) is 0 Å². The first kappa shape index (κ1) is 16.2. The normalized spacial score (nSPS) is 14.7. The van der Waals surface area contributed by atoms with Crippen LogP contribution in [0.4, 0.5) is 0 Å². The third kappa shape index (κ3) is 4.43. The summed E-state index contributed by atoms with van der Waals surface area (Å²) in [6.07, 6.45) is 0. The van der Waals surface area contributed by atoms with Gasteiger partial charge in [-0.1, -0.05) is 35.5 Å². The average Bonchev–Trinajstić information content (AvgIpc) is 2.61. The lowest BCUT2D eigenvalue weighted by molar-refractivity contribution is -0.132. The maximum Gasteiger partial charge on any atom is 0.233 e. The highest BCUT2D eigenvalue weighted by Gasteiger charge is 2.17. The predicted octanol–water partition coefficient (Wildman–Crippen LogP) is 2.75. The molecule has 1 aromatic carbocycles. The van der Waals surface area contributed by atoms with Crippen molar-refractivity contribution in [2.45, 2.75) is 5.03 Å². The summed E-state index contributed by atoms with van der Waals surface area (Å²) < 4.78 is 5.24. The van der Waals surface area contributed by atoms with Crippen LogP contribution in [-0.4, -0.2) is 53.1 Å². The molecule has 0 radical (unpaired) electrons. The van der Waals surface area contributed by atoms with Gasteiger partial charge in [-0.05, 0) is 24.3 Å². The number of carbonyl (C=O) groups excluding carboxylic acids is 1. The molecule has 5 nitrogen and oxygen atoms in total. The zero-order chi connectivity index (χ0) is 16.1. The minimum Gasteiger partial charge on any atom is -0.378 e. The Hall–Kier alpha value is -1.63. The minimum absolute atomic E-state index is 0.113. The quantitative estimate of drug-likeness (QED) is 0.794. The second-order valence-corrected chi connectivity index (χ2v) is 6.48. The largest absolute Gasteiger partial charge is 0.378 e. The molecule has 0 unspecified atom stereocenters. The van der Waals surface area contributed by atoms with Crippen molar-refractivity contribution >= 4 is 29.3 Å². The van der Waals surface area contributed by atoms with E-state index in [4.69, 9.17) is 16.3 Å². The molecule has 0 saturated carbocycles. The Balaban J connectivity index is 1.57. The van der Waals surface area contributed by atoms with Crippen molar-refractivity contribution in [3.05, 3.63) is 41.4 Å². The second-order valence-electron chi connectivity index (χ2n) is 5.05. The molecular weight excluding hydrogens is 334 g/mol. The minimum atomic E-state index is 0.113. The Kier molecular flexibility index (Phi) is 5.48. The molecule has 23 heavy (non-hydrogen) atoms. The molecular formula is C16H16ClN3O2S. The molecule has 0 spiro atoms. The van der Waals surface area contributed by atoms with Gasteiger partial charge >= 0.3 is 0 Å². The van der Waals surface area contributed by atoms with Crippen molar-refractivity contribution in [1.29, 1.82) is 0 Å². The molecule has 3 rings (SSSR count). The van der Waals surface area contributed by atoms with Gasteiger partial charge in [0.15, 0.2) is 0 Å². The van der Waals surface area contributed by atoms with Crippen LogP contribution in [0.2, 0.25) is 5.02 Å². The molecule has 1 amide bonds. The molecule has 1 saturated heterocycles. The van der Waals surface area contributed by atoms with Gasteiger partial charge in [0.2, 0.25) is 5.91 Å². The Morgan fingerprint density at radius 2 is 1.87 bits per heavy atom. The highest BCUT2D eigenvalue weighted by Crippen LogP contribution is 2.21. The number of nitrogens with zero attached hydrogens (tertiary/aromatic N) is 3. The third-order valence-corrected chi connectivity index (χ3v) is 4.64. The Labute approximate surface area is 144 Å². The van der Waals surface area contributed by atoms with E-state index in [9.17, 15) is 4.79 Å². The monoisotopic (exact) mass is 349 g/mol. The van der Waals surface area contributed by atoms with E-state index in [1.807, 2.05) is 41.3 Å². The standard InChI is InChI=1S/C16H16ClN3O2S/c17-13-3-1-12(2-4-13)14-5-6-15(19-18-14)23-11-16(21)20-7-9-22-10-8-20/h1-6H,7-11H2. The number of rotatable bonds is 4. The molecule has 1 aliphatic heterocycles. The van der Waals surface area contributed by atoms with E-state index < -0.39 is 0 Å². The summed E-state index contributed by atoms with van der Waals surface area (Å²) in [4.78, 5) is 13.9. The second kappa shape index (κ2) is 7.77. The van der Waals surface area contributed by atoms with Crippen LogP contribution in [0.3, 0.4) is 0 Å². The number of carbonyl (C=O) groups is 1. The summed E-state index contributed by atoms with van der Waals surface area (Å²) >= 11 is 7.28. The van der Waals surface area contributed by atoms with Crippen LogP contribution in [0.1, 0.15) is 0 Å². The fraction of sp³-hybridized carbons (Fsp3) is 0.312. The molecule has 1 aromatic heterocycles. The number of morpholine rings is 1. The van der Waals surface area contributed by atoms with E-state index in [0.717, 1.165) is 16.3 Å². The predicted molar refractivity (Wildman–Crippen MR) is 90.6 cm³/mol. The molecule has 120 valence electrons. The van der Waals surface area contributed by atoms with Crippen molar-refractivity contribution in [1.82, 2.24) is 15.1 Å². The number of hydrogen-bond acceptors (Lipinski definition) is 5. The molecule has 1 fully saturated rings. The SMILES string of the molecule is O=C(CSc1ccc(-c2ccc(Cl)cc2)nn1)N1CCOCC1. The van der Waals surface area contributed by atoms with Crippen molar-refractivity contribution in [2.75, 3.05) is 32.1 Å². The summed E-state index contributed by atoms with van der Waals surface area (Å²) in [5.41, 5.74) is 1.74. The van der Waals surface area contributed by atoms with E-state index >= 15 is 0 Å². The highest BCUT2D eigenvalue weighted by atomic mass is 35.5. The molecule has 2 heterocycles. The van der Waals surface area contributed by atoms with Gasteiger partial charge in [-0.3, -0.25) is 4.79 Å². The van der Waals surface area contributed by atoms with Gasteiger partial charge in [-0.15, -0.1) is 10.2 Å². The van der Waals surface area contributed by atoms with Crippen LogP contribution >= 0.6 is 23.4 Å². The number of amides is 1. The van der Waals surface area contributed by atoms with Crippen molar-refractivity contribution in [3.63, 3.8) is 0 Å².